The Morgan fingerprint density at radius 1 is 1.21 bits per heavy atom. The number of hydrogen-bond acceptors (Lipinski definition) is 10. The Hall–Kier alpha value is -1.93. The summed E-state index contributed by atoms with van der Waals surface area (Å²) in [5.41, 5.74) is 11.5. The molecule has 0 aliphatic heterocycles. The minimum Gasteiger partial charge on any atom is -0.394 e. The first kappa shape index (κ1) is 22.4. The molecule has 0 spiro atoms. The number of thioether (sulfide) groups is 2. The number of nitrogens with zero attached hydrogens (tertiary/aromatic N) is 4. The van der Waals surface area contributed by atoms with Crippen molar-refractivity contribution in [3.63, 3.8) is 0 Å². The van der Waals surface area contributed by atoms with Crippen LogP contribution in [0.4, 0.5) is 0 Å². The molecule has 13 heteroatoms. The molecule has 0 saturated carbocycles. The van der Waals surface area contributed by atoms with Gasteiger partial charge in [0.2, 0.25) is 11.8 Å². The molecule has 3 unspecified atom stereocenters. The van der Waals surface area contributed by atoms with Crippen LogP contribution in [0.3, 0.4) is 0 Å². The van der Waals surface area contributed by atoms with Gasteiger partial charge in [-0.15, -0.1) is 0 Å². The zero-order valence-corrected chi connectivity index (χ0v) is 16.9. The number of rotatable bonds is 11. The lowest BCUT2D eigenvalue weighted by Gasteiger charge is -2.12. The molecule has 2 aromatic rings. The van der Waals surface area contributed by atoms with E-state index in [1.807, 2.05) is 0 Å². The van der Waals surface area contributed by atoms with Crippen LogP contribution >= 0.6 is 23.5 Å². The van der Waals surface area contributed by atoms with Crippen LogP contribution in [-0.2, 0) is 21.1 Å². The van der Waals surface area contributed by atoms with Crippen LogP contribution in [0.1, 0.15) is 13.8 Å². The summed E-state index contributed by atoms with van der Waals surface area (Å²) in [5, 5.41) is 17.8. The first-order chi connectivity index (χ1) is 13.2. The number of fused-ring (bicyclic) bond motifs is 1. The summed E-state index contributed by atoms with van der Waals surface area (Å²) in [7, 11) is 0. The van der Waals surface area contributed by atoms with Gasteiger partial charge in [0, 0.05) is 0 Å². The number of aliphatic hydroxyl groups is 2. The van der Waals surface area contributed by atoms with Gasteiger partial charge >= 0.3 is 0 Å². The molecule has 3 atom stereocenters. The number of nitrogens with two attached hydrogens (primary N) is 2. The Morgan fingerprint density at radius 3 is 2.46 bits per heavy atom. The van der Waals surface area contributed by atoms with Crippen molar-refractivity contribution < 1.29 is 24.5 Å². The quantitative estimate of drug-likeness (QED) is 0.198. The number of carbonyl (C=O) groups is 2. The van der Waals surface area contributed by atoms with Crippen LogP contribution in [0, 0.1) is 0 Å². The molecule has 0 aliphatic rings. The highest BCUT2D eigenvalue weighted by atomic mass is 32.2. The number of primary amides is 2. The van der Waals surface area contributed by atoms with Gasteiger partial charge in [0.25, 0.3) is 0 Å². The molecule has 28 heavy (non-hydrogen) atoms. The Bertz CT molecular complexity index is 848. The lowest BCUT2D eigenvalue weighted by atomic mass is 10.4. The second-order valence-electron chi connectivity index (χ2n) is 5.86. The van der Waals surface area contributed by atoms with Gasteiger partial charge in [-0.1, -0.05) is 23.5 Å². The monoisotopic (exact) mass is 430 g/mol. The summed E-state index contributed by atoms with van der Waals surface area (Å²) in [6.07, 6.45) is 0.491. The van der Waals surface area contributed by atoms with Gasteiger partial charge < -0.3 is 26.4 Å². The molecular weight excluding hydrogens is 408 g/mol. The summed E-state index contributed by atoms with van der Waals surface area (Å²) in [4.78, 5) is 35.9. The fourth-order valence-electron chi connectivity index (χ4n) is 1.91. The van der Waals surface area contributed by atoms with Crippen LogP contribution in [0.2, 0.25) is 0 Å². The molecule has 6 N–H and O–H groups in total. The van der Waals surface area contributed by atoms with E-state index >= 15 is 0 Å². The van der Waals surface area contributed by atoms with Crippen molar-refractivity contribution in [1.82, 2.24) is 19.5 Å². The summed E-state index contributed by atoms with van der Waals surface area (Å²) < 4.78 is 6.93. The predicted molar refractivity (Wildman–Crippen MR) is 103 cm³/mol. The number of aliphatic hydroxyl groups excluding tert-OH is 2. The summed E-state index contributed by atoms with van der Waals surface area (Å²) in [6.45, 7) is 2.83. The number of aromatic nitrogens is 4. The standard InChI is InChI=1S/C15H22N6O5S2/c1-7(11(16)24)27-14-10-13(19-15(20-14)28-8(2)12(17)25)21(5-18-10)6-26-4-9(23)3-22/h5,7-9,22-23H,3-4,6H2,1-2H3,(H2,16,24)(H2,17,25). The predicted octanol–water partition coefficient (Wildman–Crippen LogP) is -0.915. The molecule has 2 rings (SSSR count). The third-order valence-electron chi connectivity index (χ3n) is 3.53. The van der Waals surface area contributed by atoms with Crippen molar-refractivity contribution in [2.24, 2.45) is 11.5 Å². The molecule has 2 aromatic heterocycles. The Morgan fingerprint density at radius 2 is 1.86 bits per heavy atom. The van der Waals surface area contributed by atoms with Crippen molar-refractivity contribution >= 4 is 46.5 Å². The Labute approximate surface area is 169 Å². The highest BCUT2D eigenvalue weighted by molar-refractivity contribution is 8.01. The highest BCUT2D eigenvalue weighted by Crippen LogP contribution is 2.31. The zero-order valence-electron chi connectivity index (χ0n) is 15.3. The third-order valence-corrected chi connectivity index (χ3v) is 5.61. The molecule has 0 radical (unpaired) electrons. The molecule has 0 aliphatic carbocycles. The summed E-state index contributed by atoms with van der Waals surface area (Å²) in [6, 6.07) is 0. The average Bonchev–Trinajstić information content (AvgIpc) is 3.04. The molecule has 0 saturated heterocycles. The number of amides is 2. The van der Waals surface area contributed by atoms with Crippen molar-refractivity contribution in [3.05, 3.63) is 6.33 Å². The minimum atomic E-state index is -0.991. The van der Waals surface area contributed by atoms with Crippen molar-refractivity contribution in [3.8, 4) is 0 Å². The Balaban J connectivity index is 2.36. The van der Waals surface area contributed by atoms with E-state index in [4.69, 9.17) is 21.3 Å². The summed E-state index contributed by atoms with van der Waals surface area (Å²) in [5.74, 6) is -1.01. The van der Waals surface area contributed by atoms with Gasteiger partial charge in [-0.2, -0.15) is 0 Å². The lowest BCUT2D eigenvalue weighted by Crippen LogP contribution is -2.23. The van der Waals surface area contributed by atoms with Crippen LogP contribution in [0.25, 0.3) is 11.2 Å². The van der Waals surface area contributed by atoms with Gasteiger partial charge in [0.15, 0.2) is 10.8 Å². The maximum absolute atomic E-state index is 11.4. The first-order valence-electron chi connectivity index (χ1n) is 8.24. The topological polar surface area (TPSA) is 179 Å². The lowest BCUT2D eigenvalue weighted by molar-refractivity contribution is -0.118. The van der Waals surface area contributed by atoms with Crippen LogP contribution < -0.4 is 11.5 Å². The van der Waals surface area contributed by atoms with E-state index < -0.39 is 35.0 Å². The maximum atomic E-state index is 11.4. The van der Waals surface area contributed by atoms with Gasteiger partial charge in [-0.3, -0.25) is 14.2 Å². The SMILES string of the molecule is CC(Sc1nc(SC(C)C(N)=O)c2ncn(COCC(O)CO)c2n1)C(N)=O. The van der Waals surface area contributed by atoms with Crippen LogP contribution in [0.15, 0.2) is 16.5 Å². The zero-order chi connectivity index (χ0) is 20.8. The number of carbonyl (C=O) groups excluding carboxylic acids is 2. The van der Waals surface area contributed by atoms with Crippen molar-refractivity contribution in [1.29, 1.82) is 0 Å². The molecule has 0 aromatic carbocycles. The van der Waals surface area contributed by atoms with E-state index in [0.29, 0.717) is 16.2 Å². The van der Waals surface area contributed by atoms with Gasteiger partial charge in [-0.25, -0.2) is 15.0 Å². The van der Waals surface area contributed by atoms with E-state index in [-0.39, 0.29) is 18.5 Å². The van der Waals surface area contributed by atoms with Gasteiger partial charge in [-0.05, 0) is 13.8 Å². The van der Waals surface area contributed by atoms with Gasteiger partial charge in [0.05, 0.1) is 30.0 Å². The molecule has 2 amide bonds. The van der Waals surface area contributed by atoms with Crippen molar-refractivity contribution in [2.45, 2.75) is 47.4 Å². The second-order valence-corrected chi connectivity index (χ2v) is 8.50. The van der Waals surface area contributed by atoms with E-state index in [1.54, 1.807) is 18.4 Å². The molecule has 0 bridgehead atoms. The molecular formula is C15H22N6O5S2. The third kappa shape index (κ3) is 5.78. The molecule has 2 heterocycles. The van der Waals surface area contributed by atoms with Crippen LogP contribution in [0.5, 0.6) is 0 Å². The van der Waals surface area contributed by atoms with Gasteiger partial charge in [0.1, 0.15) is 23.4 Å². The Kier molecular flexibility index (Phi) is 8.00. The summed E-state index contributed by atoms with van der Waals surface area (Å²) >= 11 is 2.21. The van der Waals surface area contributed by atoms with Crippen LogP contribution in [-0.4, -0.2) is 71.4 Å². The van der Waals surface area contributed by atoms with E-state index in [0.717, 1.165) is 23.5 Å². The van der Waals surface area contributed by atoms with E-state index in [1.165, 1.54) is 6.33 Å². The number of ether oxygens (including phenoxy) is 1. The van der Waals surface area contributed by atoms with Crippen molar-refractivity contribution in [2.75, 3.05) is 13.2 Å². The average molecular weight is 431 g/mol. The normalized spacial score (nSPS) is 14.7. The number of hydrogen-bond donors (Lipinski definition) is 4. The molecule has 0 fully saturated rings. The maximum Gasteiger partial charge on any atom is 0.230 e. The fourth-order valence-corrected chi connectivity index (χ4v) is 3.53. The number of imidazole rings is 1. The van der Waals surface area contributed by atoms with E-state index in [9.17, 15) is 14.7 Å². The molecule has 11 nitrogen and oxygen atoms in total. The minimum absolute atomic E-state index is 0.0233. The highest BCUT2D eigenvalue weighted by Gasteiger charge is 2.21. The molecule has 154 valence electrons. The second kappa shape index (κ2) is 10.0. The smallest absolute Gasteiger partial charge is 0.230 e. The first-order valence-corrected chi connectivity index (χ1v) is 10.00. The largest absolute Gasteiger partial charge is 0.394 e. The van der Waals surface area contributed by atoms with E-state index in [2.05, 4.69) is 15.0 Å². The fraction of sp³-hybridized carbons (Fsp3) is 0.533.